The summed E-state index contributed by atoms with van der Waals surface area (Å²) in [6.45, 7) is 1.75. The number of halogens is 1. The summed E-state index contributed by atoms with van der Waals surface area (Å²) >= 11 is 1.47. The molecule has 0 radical (unpaired) electrons. The van der Waals surface area contributed by atoms with Gasteiger partial charge in [0.2, 0.25) is 5.91 Å². The number of aryl methyl sites for hydroxylation is 1. The first-order valence-corrected chi connectivity index (χ1v) is 9.42. The Balaban J connectivity index is 1.89. The summed E-state index contributed by atoms with van der Waals surface area (Å²) in [5.74, 6) is -0.961. The summed E-state index contributed by atoms with van der Waals surface area (Å²) in [6.07, 6.45) is 0. The third-order valence-electron chi connectivity index (χ3n) is 4.66. The predicted octanol–water partition coefficient (Wildman–Crippen LogP) is 4.38. The van der Waals surface area contributed by atoms with Crippen molar-refractivity contribution >= 4 is 28.8 Å². The van der Waals surface area contributed by atoms with Gasteiger partial charge in [-0.25, -0.2) is 4.39 Å². The molecule has 3 aromatic rings. The Bertz CT molecular complexity index is 1020. The van der Waals surface area contributed by atoms with Gasteiger partial charge in [0, 0.05) is 21.7 Å². The SMILES string of the molecule is Cc1ccccc1C(=O)N1CC(=O)Nc2ccc(F)cc2C1c1cccs1. The van der Waals surface area contributed by atoms with Gasteiger partial charge in [-0.2, -0.15) is 0 Å². The Morgan fingerprint density at radius 2 is 2.00 bits per heavy atom. The molecule has 1 unspecified atom stereocenters. The first kappa shape index (κ1) is 17.4. The molecule has 1 N–H and O–H groups in total. The zero-order valence-corrected chi connectivity index (χ0v) is 15.4. The zero-order chi connectivity index (χ0) is 19.0. The van der Waals surface area contributed by atoms with Crippen LogP contribution in [0.4, 0.5) is 10.1 Å². The van der Waals surface area contributed by atoms with Crippen LogP contribution >= 0.6 is 11.3 Å². The largest absolute Gasteiger partial charge is 0.324 e. The fraction of sp³-hybridized carbons (Fsp3) is 0.143. The Morgan fingerprint density at radius 3 is 2.74 bits per heavy atom. The van der Waals surface area contributed by atoms with Gasteiger partial charge in [0.05, 0.1) is 6.04 Å². The van der Waals surface area contributed by atoms with E-state index in [1.807, 2.05) is 36.6 Å². The van der Waals surface area contributed by atoms with E-state index in [1.54, 1.807) is 18.2 Å². The van der Waals surface area contributed by atoms with Crippen LogP contribution < -0.4 is 5.32 Å². The molecule has 2 aromatic carbocycles. The van der Waals surface area contributed by atoms with Crippen LogP contribution in [0.5, 0.6) is 0 Å². The number of amides is 2. The van der Waals surface area contributed by atoms with Crippen molar-refractivity contribution in [3.05, 3.63) is 87.4 Å². The Morgan fingerprint density at radius 1 is 1.19 bits per heavy atom. The van der Waals surface area contributed by atoms with E-state index in [0.717, 1.165) is 10.4 Å². The van der Waals surface area contributed by atoms with Crippen LogP contribution in [0.25, 0.3) is 0 Å². The average molecular weight is 380 g/mol. The average Bonchev–Trinajstić information content (AvgIpc) is 3.13. The molecule has 0 bridgehead atoms. The number of nitrogens with zero attached hydrogens (tertiary/aromatic N) is 1. The molecule has 1 aromatic heterocycles. The number of hydrogen-bond acceptors (Lipinski definition) is 3. The minimum Gasteiger partial charge on any atom is -0.324 e. The maximum Gasteiger partial charge on any atom is 0.255 e. The number of carbonyl (C=O) groups is 2. The molecule has 1 atom stereocenters. The van der Waals surface area contributed by atoms with Gasteiger partial charge in [-0.1, -0.05) is 24.3 Å². The molecule has 136 valence electrons. The molecule has 1 aliphatic heterocycles. The summed E-state index contributed by atoms with van der Waals surface area (Å²) in [5, 5.41) is 4.71. The van der Waals surface area contributed by atoms with Gasteiger partial charge in [0.1, 0.15) is 12.4 Å². The number of carbonyl (C=O) groups excluding carboxylic acids is 2. The van der Waals surface area contributed by atoms with Crippen LogP contribution in [0, 0.1) is 12.7 Å². The van der Waals surface area contributed by atoms with Gasteiger partial charge in [0.25, 0.3) is 5.91 Å². The zero-order valence-electron chi connectivity index (χ0n) is 14.6. The topological polar surface area (TPSA) is 49.4 Å². The van der Waals surface area contributed by atoms with E-state index in [9.17, 15) is 14.0 Å². The lowest BCUT2D eigenvalue weighted by Gasteiger charge is -2.30. The lowest BCUT2D eigenvalue weighted by Crippen LogP contribution is -2.39. The lowest BCUT2D eigenvalue weighted by atomic mass is 10.00. The van der Waals surface area contributed by atoms with Crippen molar-refractivity contribution in [3.8, 4) is 0 Å². The summed E-state index contributed by atoms with van der Waals surface area (Å²) in [4.78, 5) is 28.3. The molecule has 27 heavy (non-hydrogen) atoms. The highest BCUT2D eigenvalue weighted by Crippen LogP contribution is 2.38. The third-order valence-corrected chi connectivity index (χ3v) is 5.58. The highest BCUT2D eigenvalue weighted by atomic mass is 32.1. The number of fused-ring (bicyclic) bond motifs is 1. The number of rotatable bonds is 2. The minimum atomic E-state index is -0.540. The smallest absolute Gasteiger partial charge is 0.255 e. The van der Waals surface area contributed by atoms with Crippen LogP contribution in [0.2, 0.25) is 0 Å². The van der Waals surface area contributed by atoms with E-state index in [1.165, 1.54) is 28.4 Å². The van der Waals surface area contributed by atoms with Crippen molar-refractivity contribution in [1.29, 1.82) is 0 Å². The van der Waals surface area contributed by atoms with Crippen molar-refractivity contribution in [2.45, 2.75) is 13.0 Å². The van der Waals surface area contributed by atoms with Gasteiger partial charge < -0.3 is 10.2 Å². The number of thiophene rings is 1. The van der Waals surface area contributed by atoms with Gasteiger partial charge in [-0.3, -0.25) is 9.59 Å². The maximum atomic E-state index is 14.0. The van der Waals surface area contributed by atoms with Crippen molar-refractivity contribution < 1.29 is 14.0 Å². The number of nitrogens with one attached hydrogen (secondary N) is 1. The van der Waals surface area contributed by atoms with Crippen LogP contribution in [0.3, 0.4) is 0 Å². The molecule has 0 aliphatic carbocycles. The lowest BCUT2D eigenvalue weighted by molar-refractivity contribution is -0.117. The summed E-state index contributed by atoms with van der Waals surface area (Å²) in [7, 11) is 0. The fourth-order valence-electron chi connectivity index (χ4n) is 3.39. The number of anilines is 1. The van der Waals surface area contributed by atoms with E-state index in [0.29, 0.717) is 16.8 Å². The van der Waals surface area contributed by atoms with Crippen molar-refractivity contribution in [2.24, 2.45) is 0 Å². The Hall–Kier alpha value is -2.99. The molecule has 0 fully saturated rings. The monoisotopic (exact) mass is 380 g/mol. The van der Waals surface area contributed by atoms with Crippen molar-refractivity contribution in [2.75, 3.05) is 11.9 Å². The summed E-state index contributed by atoms with van der Waals surface area (Å²) in [5.41, 5.74) is 2.47. The summed E-state index contributed by atoms with van der Waals surface area (Å²) < 4.78 is 14.0. The van der Waals surface area contributed by atoms with E-state index in [4.69, 9.17) is 0 Å². The summed E-state index contributed by atoms with van der Waals surface area (Å²) in [6, 6.07) is 14.8. The second-order valence-corrected chi connectivity index (χ2v) is 7.42. The molecule has 4 rings (SSSR count). The van der Waals surface area contributed by atoms with Crippen molar-refractivity contribution in [1.82, 2.24) is 4.90 Å². The van der Waals surface area contributed by atoms with Crippen LogP contribution in [0.15, 0.2) is 60.0 Å². The molecule has 0 saturated heterocycles. The first-order chi connectivity index (χ1) is 13.0. The van der Waals surface area contributed by atoms with E-state index >= 15 is 0 Å². The molecule has 0 spiro atoms. The third kappa shape index (κ3) is 3.24. The first-order valence-electron chi connectivity index (χ1n) is 8.54. The second kappa shape index (κ2) is 6.96. The highest BCUT2D eigenvalue weighted by Gasteiger charge is 2.35. The molecular formula is C21H17FN2O2S. The quantitative estimate of drug-likeness (QED) is 0.717. The highest BCUT2D eigenvalue weighted by molar-refractivity contribution is 7.10. The van der Waals surface area contributed by atoms with Crippen molar-refractivity contribution in [3.63, 3.8) is 0 Å². The van der Waals surface area contributed by atoms with E-state index < -0.39 is 11.9 Å². The van der Waals surface area contributed by atoms with E-state index in [-0.39, 0.29) is 18.4 Å². The number of benzene rings is 2. The second-order valence-electron chi connectivity index (χ2n) is 6.45. The van der Waals surface area contributed by atoms with Crippen LogP contribution in [-0.2, 0) is 4.79 Å². The normalized spacial score (nSPS) is 16.4. The van der Waals surface area contributed by atoms with Gasteiger partial charge in [-0.15, -0.1) is 11.3 Å². The Kier molecular flexibility index (Phi) is 4.49. The predicted molar refractivity (Wildman–Crippen MR) is 103 cm³/mol. The molecule has 2 heterocycles. The standard InChI is InChI=1S/C21H17FN2O2S/c1-13-5-2-3-6-15(13)21(26)24-12-19(25)23-17-9-8-14(22)11-16(17)20(24)18-7-4-10-27-18/h2-11,20H,12H2,1H3,(H,23,25). The molecule has 2 amide bonds. The van der Waals surface area contributed by atoms with E-state index in [2.05, 4.69) is 5.32 Å². The maximum absolute atomic E-state index is 14.0. The fourth-order valence-corrected chi connectivity index (χ4v) is 4.24. The molecular weight excluding hydrogens is 363 g/mol. The number of hydrogen-bond donors (Lipinski definition) is 1. The van der Waals surface area contributed by atoms with Gasteiger partial charge in [-0.05, 0) is 48.2 Å². The van der Waals surface area contributed by atoms with Gasteiger partial charge in [0.15, 0.2) is 0 Å². The van der Waals surface area contributed by atoms with Crippen LogP contribution in [0.1, 0.15) is 32.4 Å². The molecule has 1 aliphatic rings. The molecule has 0 saturated carbocycles. The molecule has 6 heteroatoms. The van der Waals surface area contributed by atoms with Crippen LogP contribution in [-0.4, -0.2) is 23.3 Å². The minimum absolute atomic E-state index is 0.105. The Labute approximate surface area is 160 Å². The van der Waals surface area contributed by atoms with Gasteiger partial charge >= 0.3 is 0 Å². The molecule has 4 nitrogen and oxygen atoms in total.